The number of benzene rings is 3. The van der Waals surface area contributed by atoms with E-state index in [2.05, 4.69) is 15.1 Å². The van der Waals surface area contributed by atoms with Crippen LogP contribution in [0, 0.1) is 0 Å². The molecule has 0 spiro atoms. The van der Waals surface area contributed by atoms with Crippen molar-refractivity contribution in [2.75, 3.05) is 43.2 Å². The summed E-state index contributed by atoms with van der Waals surface area (Å²) in [5.74, 6) is 0.177. The number of anilines is 2. The number of hydrogen-bond acceptors (Lipinski definition) is 6. The van der Waals surface area contributed by atoms with Crippen molar-refractivity contribution in [3.05, 3.63) is 82.4 Å². The summed E-state index contributed by atoms with van der Waals surface area (Å²) in [7, 11) is 0. The third-order valence-corrected chi connectivity index (χ3v) is 6.40. The van der Waals surface area contributed by atoms with Crippen LogP contribution in [0.25, 0.3) is 0 Å². The molecule has 8 nitrogen and oxygen atoms in total. The van der Waals surface area contributed by atoms with Gasteiger partial charge in [0.15, 0.2) is 11.5 Å². The number of ether oxygens (including phenoxy) is 2. The number of piperazine rings is 1. The molecule has 1 saturated heterocycles. The lowest BCUT2D eigenvalue weighted by atomic mass is 10.1. The predicted molar refractivity (Wildman–Crippen MR) is 133 cm³/mol. The standard InChI is InChI=1S/C26H24ClN3O5/c27-19-4-2-18(3-5-19)25(31)28-20-6-7-22(21(14-20)26(32)33)30-11-9-29(10-12-30)15-17-1-8-23-24(13-17)35-16-34-23/h1-8,13-14H,9-12,15-16H2,(H,28,31)(H,32,33). The molecule has 180 valence electrons. The van der Waals surface area contributed by atoms with Gasteiger partial charge in [0.05, 0.1) is 11.3 Å². The van der Waals surface area contributed by atoms with E-state index in [1.165, 1.54) is 6.07 Å². The molecular formula is C26H24ClN3O5. The third kappa shape index (κ3) is 5.18. The van der Waals surface area contributed by atoms with Crippen molar-refractivity contribution >= 4 is 34.9 Å². The van der Waals surface area contributed by atoms with Gasteiger partial charge in [-0.3, -0.25) is 9.69 Å². The van der Waals surface area contributed by atoms with Gasteiger partial charge in [0, 0.05) is 49.0 Å². The number of aromatic carboxylic acids is 1. The molecule has 1 amide bonds. The van der Waals surface area contributed by atoms with Crippen LogP contribution in [0.5, 0.6) is 11.5 Å². The van der Waals surface area contributed by atoms with Gasteiger partial charge in [0.25, 0.3) is 5.91 Å². The molecule has 2 aliphatic heterocycles. The number of fused-ring (bicyclic) bond motifs is 1. The fourth-order valence-corrected chi connectivity index (χ4v) is 4.44. The number of halogens is 1. The molecule has 3 aromatic rings. The Morgan fingerprint density at radius 3 is 2.40 bits per heavy atom. The van der Waals surface area contributed by atoms with Gasteiger partial charge in [-0.15, -0.1) is 0 Å². The maximum Gasteiger partial charge on any atom is 0.337 e. The topological polar surface area (TPSA) is 91.3 Å². The Hall–Kier alpha value is -3.75. The Morgan fingerprint density at radius 1 is 0.914 bits per heavy atom. The van der Waals surface area contributed by atoms with Crippen molar-refractivity contribution in [2.45, 2.75) is 6.54 Å². The largest absolute Gasteiger partial charge is 0.478 e. The van der Waals surface area contributed by atoms with Crippen LogP contribution in [0.15, 0.2) is 60.7 Å². The number of amides is 1. The van der Waals surface area contributed by atoms with Crippen molar-refractivity contribution in [2.24, 2.45) is 0 Å². The van der Waals surface area contributed by atoms with Gasteiger partial charge < -0.3 is 24.8 Å². The van der Waals surface area contributed by atoms with E-state index < -0.39 is 5.97 Å². The molecular weight excluding hydrogens is 470 g/mol. The molecule has 0 aromatic heterocycles. The summed E-state index contributed by atoms with van der Waals surface area (Å²) in [5.41, 5.74) is 2.81. The lowest BCUT2D eigenvalue weighted by Gasteiger charge is -2.36. The van der Waals surface area contributed by atoms with Gasteiger partial charge in [-0.05, 0) is 60.2 Å². The number of rotatable bonds is 6. The van der Waals surface area contributed by atoms with Crippen molar-refractivity contribution in [3.8, 4) is 11.5 Å². The minimum Gasteiger partial charge on any atom is -0.478 e. The van der Waals surface area contributed by atoms with E-state index in [1.54, 1.807) is 36.4 Å². The zero-order valence-corrected chi connectivity index (χ0v) is 19.6. The summed E-state index contributed by atoms with van der Waals surface area (Å²) in [6, 6.07) is 17.5. The van der Waals surface area contributed by atoms with E-state index in [0.29, 0.717) is 35.1 Å². The normalized spacial score (nSPS) is 15.2. The second-order valence-corrected chi connectivity index (χ2v) is 8.89. The molecule has 0 unspecified atom stereocenters. The van der Waals surface area contributed by atoms with Crippen molar-refractivity contribution in [1.29, 1.82) is 0 Å². The molecule has 2 N–H and O–H groups in total. The van der Waals surface area contributed by atoms with Crippen LogP contribution in [0.1, 0.15) is 26.3 Å². The smallest absolute Gasteiger partial charge is 0.337 e. The van der Waals surface area contributed by atoms with E-state index in [0.717, 1.165) is 36.7 Å². The molecule has 0 bridgehead atoms. The van der Waals surface area contributed by atoms with Crippen LogP contribution in [0.3, 0.4) is 0 Å². The molecule has 0 saturated carbocycles. The zero-order valence-electron chi connectivity index (χ0n) is 18.9. The molecule has 0 radical (unpaired) electrons. The molecule has 0 aliphatic carbocycles. The fourth-order valence-electron chi connectivity index (χ4n) is 4.31. The molecule has 5 rings (SSSR count). The average Bonchev–Trinajstić information content (AvgIpc) is 3.33. The lowest BCUT2D eigenvalue weighted by Crippen LogP contribution is -2.46. The van der Waals surface area contributed by atoms with Crippen LogP contribution in [-0.4, -0.2) is 54.9 Å². The van der Waals surface area contributed by atoms with Gasteiger partial charge in [-0.25, -0.2) is 4.79 Å². The first-order valence-electron chi connectivity index (χ1n) is 11.3. The van der Waals surface area contributed by atoms with Gasteiger partial charge >= 0.3 is 5.97 Å². The Balaban J connectivity index is 1.23. The van der Waals surface area contributed by atoms with E-state index in [4.69, 9.17) is 21.1 Å². The van der Waals surface area contributed by atoms with Gasteiger partial charge in [-0.2, -0.15) is 0 Å². The SMILES string of the molecule is O=C(Nc1ccc(N2CCN(Cc3ccc4c(c3)OCO4)CC2)c(C(=O)O)c1)c1ccc(Cl)cc1. The van der Waals surface area contributed by atoms with Crippen LogP contribution in [0.4, 0.5) is 11.4 Å². The number of carboxylic acid groups (broad SMARTS) is 1. The van der Waals surface area contributed by atoms with Gasteiger partial charge in [0.1, 0.15) is 0 Å². The Labute approximate surface area is 207 Å². The Morgan fingerprint density at radius 2 is 1.66 bits per heavy atom. The quantitative estimate of drug-likeness (QED) is 0.527. The van der Waals surface area contributed by atoms with Crippen LogP contribution in [-0.2, 0) is 6.54 Å². The first-order valence-corrected chi connectivity index (χ1v) is 11.6. The first-order chi connectivity index (χ1) is 17.0. The highest BCUT2D eigenvalue weighted by Crippen LogP contribution is 2.33. The van der Waals surface area contributed by atoms with Crippen LogP contribution in [0.2, 0.25) is 5.02 Å². The summed E-state index contributed by atoms with van der Waals surface area (Å²) in [6.07, 6.45) is 0. The maximum atomic E-state index is 12.5. The Kier molecular flexibility index (Phi) is 6.48. The zero-order chi connectivity index (χ0) is 24.4. The summed E-state index contributed by atoms with van der Waals surface area (Å²) in [4.78, 5) is 28.9. The molecule has 2 aliphatic rings. The minimum atomic E-state index is -1.04. The second kappa shape index (κ2) is 9.85. The molecule has 0 atom stereocenters. The highest BCUT2D eigenvalue weighted by molar-refractivity contribution is 6.30. The van der Waals surface area contributed by atoms with Crippen LogP contribution >= 0.6 is 11.6 Å². The van der Waals surface area contributed by atoms with Crippen molar-refractivity contribution in [3.63, 3.8) is 0 Å². The lowest BCUT2D eigenvalue weighted by molar-refractivity contribution is 0.0697. The average molecular weight is 494 g/mol. The fraction of sp³-hybridized carbons (Fsp3) is 0.231. The summed E-state index contributed by atoms with van der Waals surface area (Å²) in [5, 5.41) is 13.1. The molecule has 9 heteroatoms. The van der Waals surface area contributed by atoms with Crippen molar-refractivity contribution < 1.29 is 24.2 Å². The summed E-state index contributed by atoms with van der Waals surface area (Å²) < 4.78 is 10.8. The molecule has 35 heavy (non-hydrogen) atoms. The molecule has 2 heterocycles. The van der Waals surface area contributed by atoms with E-state index in [9.17, 15) is 14.7 Å². The minimum absolute atomic E-state index is 0.156. The van der Waals surface area contributed by atoms with E-state index in [1.807, 2.05) is 18.2 Å². The maximum absolute atomic E-state index is 12.5. The number of hydrogen-bond donors (Lipinski definition) is 2. The second-order valence-electron chi connectivity index (χ2n) is 8.45. The van der Waals surface area contributed by atoms with Crippen LogP contribution < -0.4 is 19.7 Å². The first kappa shape index (κ1) is 23.0. The predicted octanol–water partition coefficient (Wildman–Crippen LogP) is 4.34. The third-order valence-electron chi connectivity index (χ3n) is 6.15. The monoisotopic (exact) mass is 493 g/mol. The number of carboxylic acids is 1. The number of carbonyl (C=O) groups excluding carboxylic acids is 1. The van der Waals surface area contributed by atoms with E-state index >= 15 is 0 Å². The highest BCUT2D eigenvalue weighted by Gasteiger charge is 2.23. The molecule has 1 fully saturated rings. The summed E-state index contributed by atoms with van der Waals surface area (Å²) >= 11 is 5.88. The van der Waals surface area contributed by atoms with E-state index in [-0.39, 0.29) is 18.3 Å². The summed E-state index contributed by atoms with van der Waals surface area (Å²) in [6.45, 7) is 4.02. The molecule has 3 aromatic carbocycles. The van der Waals surface area contributed by atoms with Gasteiger partial charge in [-0.1, -0.05) is 17.7 Å². The number of nitrogens with one attached hydrogen (secondary N) is 1. The van der Waals surface area contributed by atoms with Gasteiger partial charge in [0.2, 0.25) is 6.79 Å². The van der Waals surface area contributed by atoms with Crippen molar-refractivity contribution in [1.82, 2.24) is 4.90 Å². The number of carbonyl (C=O) groups is 2. The Bertz CT molecular complexity index is 1260. The number of nitrogens with zero attached hydrogens (tertiary/aromatic N) is 2. The highest BCUT2D eigenvalue weighted by atomic mass is 35.5.